The third-order valence-electron chi connectivity index (χ3n) is 3.96. The molecule has 1 aromatic heterocycles. The van der Waals surface area contributed by atoms with Crippen LogP contribution < -0.4 is 10.6 Å². The molecule has 0 unspecified atom stereocenters. The summed E-state index contributed by atoms with van der Waals surface area (Å²) in [5.41, 5.74) is 3.59. The lowest BCUT2D eigenvalue weighted by Crippen LogP contribution is -2.31. The number of likely N-dealkylation sites (N-methyl/N-ethyl adjacent to an activating group) is 1. The summed E-state index contributed by atoms with van der Waals surface area (Å²) >= 11 is 0. The molecular formula is C19H24N4O2. The number of benzene rings is 1. The van der Waals surface area contributed by atoms with Crippen LogP contribution in [0.15, 0.2) is 36.7 Å². The number of rotatable bonds is 6. The van der Waals surface area contributed by atoms with Crippen molar-refractivity contribution in [1.82, 2.24) is 15.2 Å². The zero-order valence-electron chi connectivity index (χ0n) is 15.1. The second-order valence-corrected chi connectivity index (χ2v) is 6.22. The number of aromatic nitrogens is 1. The number of carbonyl (C=O) groups is 2. The smallest absolute Gasteiger partial charge is 0.257 e. The average molecular weight is 340 g/mol. The van der Waals surface area contributed by atoms with Gasteiger partial charge in [-0.15, -0.1) is 0 Å². The van der Waals surface area contributed by atoms with Crippen LogP contribution in [0.1, 0.15) is 31.8 Å². The lowest BCUT2D eigenvalue weighted by atomic mass is 10.1. The molecule has 132 valence electrons. The first-order chi connectivity index (χ1) is 11.9. The number of aryl methyl sites for hydroxylation is 1. The number of hydrogen-bond acceptors (Lipinski definition) is 4. The predicted molar refractivity (Wildman–Crippen MR) is 99.0 cm³/mol. The van der Waals surface area contributed by atoms with Gasteiger partial charge in [0.05, 0.1) is 11.1 Å². The van der Waals surface area contributed by atoms with E-state index in [9.17, 15) is 9.59 Å². The van der Waals surface area contributed by atoms with E-state index in [2.05, 4.69) is 15.6 Å². The van der Waals surface area contributed by atoms with Gasteiger partial charge in [0.2, 0.25) is 0 Å². The Bertz CT molecular complexity index is 772. The summed E-state index contributed by atoms with van der Waals surface area (Å²) in [4.78, 5) is 30.6. The molecule has 0 aliphatic carbocycles. The van der Waals surface area contributed by atoms with Crippen LogP contribution >= 0.6 is 0 Å². The van der Waals surface area contributed by atoms with Crippen molar-refractivity contribution in [1.29, 1.82) is 0 Å². The van der Waals surface area contributed by atoms with Gasteiger partial charge in [-0.05, 0) is 51.2 Å². The Morgan fingerprint density at radius 1 is 1.08 bits per heavy atom. The summed E-state index contributed by atoms with van der Waals surface area (Å²) in [6.45, 7) is 5.22. The minimum absolute atomic E-state index is 0.240. The topological polar surface area (TPSA) is 74.3 Å². The molecule has 0 fully saturated rings. The molecule has 0 radical (unpaired) electrons. The van der Waals surface area contributed by atoms with Gasteiger partial charge in [0.25, 0.3) is 11.8 Å². The molecule has 1 aromatic carbocycles. The highest BCUT2D eigenvalue weighted by Crippen LogP contribution is 2.18. The van der Waals surface area contributed by atoms with E-state index < -0.39 is 0 Å². The van der Waals surface area contributed by atoms with Gasteiger partial charge in [-0.1, -0.05) is 12.1 Å². The maximum absolute atomic E-state index is 12.5. The third kappa shape index (κ3) is 5.12. The fraction of sp³-hybridized carbons (Fsp3) is 0.316. The van der Waals surface area contributed by atoms with Crippen molar-refractivity contribution in [2.24, 2.45) is 0 Å². The molecule has 0 atom stereocenters. The number of nitrogens with zero attached hydrogens (tertiary/aromatic N) is 2. The first-order valence-corrected chi connectivity index (χ1v) is 8.14. The molecule has 0 saturated carbocycles. The second kappa shape index (κ2) is 8.39. The zero-order valence-corrected chi connectivity index (χ0v) is 15.1. The van der Waals surface area contributed by atoms with E-state index in [1.807, 2.05) is 51.0 Å². The number of anilines is 1. The monoisotopic (exact) mass is 340 g/mol. The van der Waals surface area contributed by atoms with E-state index in [1.54, 1.807) is 6.07 Å². The quantitative estimate of drug-likeness (QED) is 0.846. The summed E-state index contributed by atoms with van der Waals surface area (Å²) in [6, 6.07) is 7.29. The van der Waals surface area contributed by atoms with Crippen molar-refractivity contribution in [3.05, 3.63) is 58.9 Å². The van der Waals surface area contributed by atoms with Gasteiger partial charge < -0.3 is 15.5 Å². The van der Waals surface area contributed by atoms with Crippen LogP contribution in [0, 0.1) is 13.8 Å². The Morgan fingerprint density at radius 3 is 2.44 bits per heavy atom. The molecule has 2 aromatic rings. The summed E-state index contributed by atoms with van der Waals surface area (Å²) in [5.74, 6) is -0.528. The van der Waals surface area contributed by atoms with Gasteiger partial charge in [0.1, 0.15) is 0 Å². The van der Waals surface area contributed by atoms with Crippen LogP contribution in [0.3, 0.4) is 0 Å². The molecular weight excluding hydrogens is 316 g/mol. The molecule has 6 heteroatoms. The minimum atomic E-state index is -0.288. The van der Waals surface area contributed by atoms with Gasteiger partial charge in [0.15, 0.2) is 0 Å². The number of carbonyl (C=O) groups excluding carboxylic acids is 2. The number of pyridine rings is 1. The van der Waals surface area contributed by atoms with Crippen molar-refractivity contribution < 1.29 is 9.59 Å². The van der Waals surface area contributed by atoms with Gasteiger partial charge in [-0.2, -0.15) is 0 Å². The maximum Gasteiger partial charge on any atom is 0.257 e. The Morgan fingerprint density at radius 2 is 1.76 bits per heavy atom. The highest BCUT2D eigenvalue weighted by atomic mass is 16.2. The van der Waals surface area contributed by atoms with E-state index in [-0.39, 0.29) is 11.8 Å². The molecule has 2 N–H and O–H groups in total. The maximum atomic E-state index is 12.5. The van der Waals surface area contributed by atoms with Gasteiger partial charge in [-0.25, -0.2) is 0 Å². The van der Waals surface area contributed by atoms with Gasteiger partial charge in [-0.3, -0.25) is 14.6 Å². The molecule has 25 heavy (non-hydrogen) atoms. The van der Waals surface area contributed by atoms with Crippen LogP contribution in [0.4, 0.5) is 5.69 Å². The van der Waals surface area contributed by atoms with Crippen molar-refractivity contribution in [2.75, 3.05) is 32.5 Å². The zero-order chi connectivity index (χ0) is 18.4. The lowest BCUT2D eigenvalue weighted by Gasteiger charge is -2.12. The second-order valence-electron chi connectivity index (χ2n) is 6.22. The third-order valence-corrected chi connectivity index (χ3v) is 3.96. The average Bonchev–Trinajstić information content (AvgIpc) is 2.58. The molecule has 0 spiro atoms. The molecule has 0 bridgehead atoms. The number of hydrogen-bond donors (Lipinski definition) is 2. The Labute approximate surface area is 148 Å². The molecule has 0 saturated heterocycles. The molecule has 2 rings (SSSR count). The predicted octanol–water partition coefficient (Wildman–Crippen LogP) is 2.24. The van der Waals surface area contributed by atoms with Crippen LogP contribution in [0.5, 0.6) is 0 Å². The Balaban J connectivity index is 2.08. The molecule has 2 amide bonds. The Hall–Kier alpha value is -2.73. The van der Waals surface area contributed by atoms with Crippen molar-refractivity contribution in [3.8, 4) is 0 Å². The largest absolute Gasteiger partial charge is 0.351 e. The highest BCUT2D eigenvalue weighted by molar-refractivity contribution is 6.06. The van der Waals surface area contributed by atoms with Crippen LogP contribution in [0.2, 0.25) is 0 Å². The summed E-state index contributed by atoms with van der Waals surface area (Å²) in [5, 5.41) is 5.68. The molecule has 6 nitrogen and oxygen atoms in total. The molecule has 0 aliphatic rings. The van der Waals surface area contributed by atoms with Crippen LogP contribution in [-0.4, -0.2) is 48.9 Å². The van der Waals surface area contributed by atoms with Crippen molar-refractivity contribution >= 4 is 17.5 Å². The number of nitrogens with one attached hydrogen (secondary N) is 2. The van der Waals surface area contributed by atoms with E-state index >= 15 is 0 Å². The summed E-state index contributed by atoms with van der Waals surface area (Å²) in [6.07, 6.45) is 2.91. The fourth-order valence-electron chi connectivity index (χ4n) is 2.26. The lowest BCUT2D eigenvalue weighted by molar-refractivity contribution is 0.0950. The van der Waals surface area contributed by atoms with E-state index in [1.165, 1.54) is 12.4 Å². The first-order valence-electron chi connectivity index (χ1n) is 8.14. The standard InChI is InChI=1S/C19H24N4O2/c1-13-6-5-7-17(14(13)2)22-19(25)16-10-15(11-20-12-16)18(24)21-8-9-23(3)4/h5-7,10-12H,8-9H2,1-4H3,(H,21,24)(H,22,25). The van der Waals surface area contributed by atoms with E-state index in [0.29, 0.717) is 17.7 Å². The highest BCUT2D eigenvalue weighted by Gasteiger charge is 2.12. The SMILES string of the molecule is Cc1cccc(NC(=O)c2cncc(C(=O)NCCN(C)C)c2)c1C. The van der Waals surface area contributed by atoms with Gasteiger partial charge >= 0.3 is 0 Å². The van der Waals surface area contributed by atoms with Crippen LogP contribution in [0.25, 0.3) is 0 Å². The molecule has 1 heterocycles. The normalized spacial score (nSPS) is 10.6. The summed E-state index contributed by atoms with van der Waals surface area (Å²) in [7, 11) is 3.87. The summed E-state index contributed by atoms with van der Waals surface area (Å²) < 4.78 is 0. The van der Waals surface area contributed by atoms with Crippen LogP contribution in [-0.2, 0) is 0 Å². The van der Waals surface area contributed by atoms with Gasteiger partial charge in [0, 0.05) is 31.2 Å². The number of amides is 2. The molecule has 0 aliphatic heterocycles. The van der Waals surface area contributed by atoms with E-state index in [4.69, 9.17) is 0 Å². The van der Waals surface area contributed by atoms with E-state index in [0.717, 1.165) is 23.4 Å². The Kier molecular flexibility index (Phi) is 6.25. The van der Waals surface area contributed by atoms with Crippen molar-refractivity contribution in [2.45, 2.75) is 13.8 Å². The minimum Gasteiger partial charge on any atom is -0.351 e. The van der Waals surface area contributed by atoms with Crippen molar-refractivity contribution in [3.63, 3.8) is 0 Å². The first kappa shape index (κ1) is 18.6. The fourth-order valence-corrected chi connectivity index (χ4v) is 2.26.